The molecule has 0 spiro atoms. The summed E-state index contributed by atoms with van der Waals surface area (Å²) in [5.74, 6) is 0. The van der Waals surface area contributed by atoms with Gasteiger partial charge in [0.05, 0.1) is 4.88 Å². The lowest BCUT2D eigenvalue weighted by Crippen LogP contribution is -2.29. The molecule has 1 nitrogen and oxygen atoms in total. The Labute approximate surface area is 63.9 Å². The molecule has 0 saturated carbocycles. The molecule has 0 aliphatic heterocycles. The highest BCUT2D eigenvalue weighted by Crippen LogP contribution is 2.17. The van der Waals surface area contributed by atoms with Crippen LogP contribution >= 0.6 is 22.9 Å². The molecule has 0 unspecified atom stereocenters. The molecule has 1 aromatic rings. The van der Waals surface area contributed by atoms with E-state index in [0.29, 0.717) is 0 Å². The first kappa shape index (κ1) is 7.03. The molecule has 0 saturated heterocycles. The molecule has 50 valence electrons. The second kappa shape index (κ2) is 2.27. The fourth-order valence-corrected chi connectivity index (χ4v) is 1.92. The zero-order valence-corrected chi connectivity index (χ0v) is 7.31. The van der Waals surface area contributed by atoms with Crippen molar-refractivity contribution in [2.45, 2.75) is 13.8 Å². The Morgan fingerprint density at radius 1 is 1.44 bits per heavy atom. The van der Waals surface area contributed by atoms with E-state index in [1.54, 1.807) is 11.3 Å². The lowest BCUT2D eigenvalue weighted by molar-refractivity contribution is -0.670. The van der Waals surface area contributed by atoms with Crippen LogP contribution in [-0.4, -0.2) is 0 Å². The zero-order valence-electron chi connectivity index (χ0n) is 5.73. The third-order valence-corrected chi connectivity index (χ3v) is 3.04. The first-order chi connectivity index (χ1) is 4.13. The Balaban J connectivity index is 3.29. The standard InChI is InChI=1S/C6H9ClNS/c1-4-5(2)9-6(7)8(4)3/h1-3H3/q+1. The fourth-order valence-electron chi connectivity index (χ4n) is 0.637. The molecule has 1 heterocycles. The van der Waals surface area contributed by atoms with Crippen LogP contribution in [0.1, 0.15) is 10.6 Å². The molecule has 0 aliphatic carbocycles. The minimum absolute atomic E-state index is 0.852. The maximum Gasteiger partial charge on any atom is 0.333 e. The van der Waals surface area contributed by atoms with Gasteiger partial charge in [-0.1, -0.05) is 11.3 Å². The minimum Gasteiger partial charge on any atom is -0.179 e. The second-order valence-electron chi connectivity index (χ2n) is 2.06. The first-order valence-corrected chi connectivity index (χ1v) is 3.94. The van der Waals surface area contributed by atoms with Gasteiger partial charge < -0.3 is 0 Å². The number of hydrogen-bond acceptors (Lipinski definition) is 1. The lowest BCUT2D eigenvalue weighted by atomic mass is 10.4. The predicted molar refractivity (Wildman–Crippen MR) is 40.0 cm³/mol. The summed E-state index contributed by atoms with van der Waals surface area (Å²) < 4.78 is 2.84. The van der Waals surface area contributed by atoms with Crippen LogP contribution in [0.25, 0.3) is 0 Å². The van der Waals surface area contributed by atoms with E-state index < -0.39 is 0 Å². The van der Waals surface area contributed by atoms with Crippen molar-refractivity contribution in [3.8, 4) is 0 Å². The largest absolute Gasteiger partial charge is 0.333 e. The molecule has 0 aromatic carbocycles. The average molecular weight is 163 g/mol. The van der Waals surface area contributed by atoms with E-state index in [4.69, 9.17) is 11.6 Å². The van der Waals surface area contributed by atoms with Crippen molar-refractivity contribution in [1.29, 1.82) is 0 Å². The molecule has 0 bridgehead atoms. The van der Waals surface area contributed by atoms with E-state index in [-0.39, 0.29) is 0 Å². The number of aryl methyl sites for hydroxylation is 1. The minimum atomic E-state index is 0.852. The summed E-state index contributed by atoms with van der Waals surface area (Å²) in [4.78, 5) is 1.29. The fraction of sp³-hybridized carbons (Fsp3) is 0.500. The number of thiazole rings is 1. The average Bonchev–Trinajstić information content (AvgIpc) is 1.98. The predicted octanol–water partition coefficient (Wildman–Crippen LogP) is 1.84. The van der Waals surface area contributed by atoms with Gasteiger partial charge in [-0.05, 0) is 6.92 Å². The number of hydrogen-bond donors (Lipinski definition) is 0. The van der Waals surface area contributed by atoms with Crippen LogP contribution in [0.3, 0.4) is 0 Å². The van der Waals surface area contributed by atoms with Crippen molar-refractivity contribution >= 4 is 22.9 Å². The summed E-state index contributed by atoms with van der Waals surface area (Å²) in [7, 11) is 1.97. The van der Waals surface area contributed by atoms with E-state index in [0.717, 1.165) is 4.47 Å². The summed E-state index contributed by atoms with van der Waals surface area (Å²) >= 11 is 7.44. The normalized spacial score (nSPS) is 10.2. The SMILES string of the molecule is Cc1sc(Cl)[n+](C)c1C. The highest BCUT2D eigenvalue weighted by molar-refractivity contribution is 7.15. The Morgan fingerprint density at radius 2 is 2.00 bits per heavy atom. The number of aromatic nitrogens is 1. The van der Waals surface area contributed by atoms with Gasteiger partial charge in [-0.15, -0.1) is 0 Å². The van der Waals surface area contributed by atoms with Crippen molar-refractivity contribution < 1.29 is 4.57 Å². The Morgan fingerprint density at radius 3 is 2.11 bits per heavy atom. The zero-order chi connectivity index (χ0) is 7.02. The molecular weight excluding hydrogens is 154 g/mol. The van der Waals surface area contributed by atoms with Crippen LogP contribution in [0.2, 0.25) is 4.47 Å². The Hall–Kier alpha value is -0.0800. The highest BCUT2D eigenvalue weighted by Gasteiger charge is 2.13. The molecule has 0 atom stereocenters. The second-order valence-corrected chi connectivity index (χ2v) is 3.84. The van der Waals surface area contributed by atoms with Crippen LogP contribution in [0.4, 0.5) is 0 Å². The molecule has 3 heteroatoms. The van der Waals surface area contributed by atoms with Crippen molar-refractivity contribution in [2.75, 3.05) is 0 Å². The molecule has 0 fully saturated rings. The highest BCUT2D eigenvalue weighted by atomic mass is 35.5. The van der Waals surface area contributed by atoms with E-state index in [1.165, 1.54) is 10.6 Å². The first-order valence-electron chi connectivity index (χ1n) is 2.74. The number of halogens is 1. The summed E-state index contributed by atoms with van der Waals surface area (Å²) in [6.45, 7) is 4.14. The van der Waals surface area contributed by atoms with Gasteiger partial charge in [-0.25, -0.2) is 0 Å². The molecule has 9 heavy (non-hydrogen) atoms. The lowest BCUT2D eigenvalue weighted by Gasteiger charge is -1.81. The van der Waals surface area contributed by atoms with E-state index in [2.05, 4.69) is 13.8 Å². The van der Waals surface area contributed by atoms with E-state index in [9.17, 15) is 0 Å². The van der Waals surface area contributed by atoms with Gasteiger partial charge in [0.2, 0.25) is 0 Å². The topological polar surface area (TPSA) is 3.88 Å². The third-order valence-electron chi connectivity index (χ3n) is 1.51. The van der Waals surface area contributed by atoms with Gasteiger partial charge in [0.25, 0.3) is 0 Å². The van der Waals surface area contributed by atoms with Gasteiger partial charge in [-0.2, -0.15) is 4.57 Å². The Kier molecular flexibility index (Phi) is 1.78. The Bertz CT molecular complexity index is 207. The van der Waals surface area contributed by atoms with Crippen LogP contribution < -0.4 is 4.57 Å². The monoisotopic (exact) mass is 162 g/mol. The molecule has 0 aliphatic rings. The van der Waals surface area contributed by atoms with E-state index in [1.807, 2.05) is 11.6 Å². The molecule has 0 radical (unpaired) electrons. The van der Waals surface area contributed by atoms with Gasteiger partial charge in [0.15, 0.2) is 5.69 Å². The van der Waals surface area contributed by atoms with Crippen LogP contribution in [-0.2, 0) is 7.05 Å². The maximum atomic E-state index is 5.82. The van der Waals surface area contributed by atoms with Crippen LogP contribution in [0.15, 0.2) is 0 Å². The smallest absolute Gasteiger partial charge is 0.179 e. The summed E-state index contributed by atoms with van der Waals surface area (Å²) in [5, 5.41) is 0. The van der Waals surface area contributed by atoms with Crippen LogP contribution in [0.5, 0.6) is 0 Å². The number of nitrogens with zero attached hydrogens (tertiary/aromatic N) is 1. The summed E-state index contributed by atoms with van der Waals surface area (Å²) in [6.07, 6.45) is 0. The molecule has 1 rings (SSSR count). The molecular formula is C6H9ClNS+. The molecule has 0 N–H and O–H groups in total. The molecule has 1 aromatic heterocycles. The number of rotatable bonds is 0. The van der Waals surface area contributed by atoms with Gasteiger partial charge in [0, 0.05) is 18.5 Å². The van der Waals surface area contributed by atoms with Gasteiger partial charge >= 0.3 is 4.47 Å². The summed E-state index contributed by atoms with van der Waals surface area (Å²) in [5.41, 5.74) is 1.25. The van der Waals surface area contributed by atoms with Crippen LogP contribution in [0, 0.1) is 13.8 Å². The molecule has 0 amide bonds. The van der Waals surface area contributed by atoms with Crippen molar-refractivity contribution in [3.05, 3.63) is 15.0 Å². The third kappa shape index (κ3) is 1.10. The van der Waals surface area contributed by atoms with Crippen molar-refractivity contribution in [3.63, 3.8) is 0 Å². The van der Waals surface area contributed by atoms with Crippen molar-refractivity contribution in [1.82, 2.24) is 0 Å². The van der Waals surface area contributed by atoms with E-state index >= 15 is 0 Å². The van der Waals surface area contributed by atoms with Gasteiger partial charge in [-0.3, -0.25) is 0 Å². The summed E-state index contributed by atoms with van der Waals surface area (Å²) in [6, 6.07) is 0. The quantitative estimate of drug-likeness (QED) is 0.513. The van der Waals surface area contributed by atoms with Crippen molar-refractivity contribution in [2.24, 2.45) is 7.05 Å². The maximum absolute atomic E-state index is 5.82. The van der Waals surface area contributed by atoms with Gasteiger partial charge in [0.1, 0.15) is 7.05 Å².